The third kappa shape index (κ3) is 4.30. The lowest BCUT2D eigenvalue weighted by atomic mass is 10.2. The number of carbonyl (C=O) groups is 1. The number of hydrogen-bond acceptors (Lipinski definition) is 7. The van der Waals surface area contributed by atoms with E-state index in [1.165, 1.54) is 0 Å². The van der Waals surface area contributed by atoms with Crippen LogP contribution in [0.15, 0.2) is 22.8 Å². The standard InChI is InChI=1S/C14H20N6O3/c15-14-17-12(18-19-14)13(21)16-4-3-11-9-20(5-7-23-11)8-10-2-1-6-22-10/h1-2,6,11H,3-5,7-9H2,(H,16,21)(H3,15,17,18,19). The number of nitrogens with one attached hydrogen (secondary N) is 2. The largest absolute Gasteiger partial charge is 0.468 e. The van der Waals surface area contributed by atoms with E-state index in [9.17, 15) is 4.79 Å². The minimum atomic E-state index is -0.322. The molecule has 1 fully saturated rings. The van der Waals surface area contributed by atoms with Crippen molar-refractivity contribution in [3.63, 3.8) is 0 Å². The van der Waals surface area contributed by atoms with Gasteiger partial charge in [-0.25, -0.2) is 0 Å². The Balaban J connectivity index is 1.40. The van der Waals surface area contributed by atoms with E-state index < -0.39 is 0 Å². The second kappa shape index (κ2) is 7.25. The third-order valence-corrected chi connectivity index (χ3v) is 3.65. The second-order valence-corrected chi connectivity index (χ2v) is 5.39. The molecule has 2 aromatic rings. The molecule has 1 aliphatic heterocycles. The van der Waals surface area contributed by atoms with Crippen molar-refractivity contribution in [1.82, 2.24) is 25.4 Å². The number of H-pyrrole nitrogens is 1. The van der Waals surface area contributed by atoms with Crippen LogP contribution in [0.2, 0.25) is 0 Å². The Bertz CT molecular complexity index is 626. The minimum absolute atomic E-state index is 0.0549. The molecule has 3 heterocycles. The van der Waals surface area contributed by atoms with Crippen molar-refractivity contribution in [2.45, 2.75) is 19.1 Å². The number of morpholine rings is 1. The fourth-order valence-corrected chi connectivity index (χ4v) is 2.53. The summed E-state index contributed by atoms with van der Waals surface area (Å²) in [5.74, 6) is 0.796. The first kappa shape index (κ1) is 15.5. The SMILES string of the molecule is Nc1n[nH]c(C(=O)NCCC2CN(Cc3ccco3)CCO2)n1. The lowest BCUT2D eigenvalue weighted by molar-refractivity contribution is -0.0359. The van der Waals surface area contributed by atoms with Crippen LogP contribution in [0.25, 0.3) is 0 Å². The molecule has 4 N–H and O–H groups in total. The van der Waals surface area contributed by atoms with Crippen molar-refractivity contribution in [3.05, 3.63) is 30.0 Å². The zero-order valence-electron chi connectivity index (χ0n) is 12.7. The van der Waals surface area contributed by atoms with Gasteiger partial charge in [0.05, 0.1) is 25.5 Å². The maximum Gasteiger partial charge on any atom is 0.288 e. The highest BCUT2D eigenvalue weighted by molar-refractivity contribution is 5.90. The summed E-state index contributed by atoms with van der Waals surface area (Å²) < 4.78 is 11.1. The summed E-state index contributed by atoms with van der Waals surface area (Å²) in [7, 11) is 0. The third-order valence-electron chi connectivity index (χ3n) is 3.65. The van der Waals surface area contributed by atoms with Gasteiger partial charge in [0.15, 0.2) is 0 Å². The van der Waals surface area contributed by atoms with Crippen molar-refractivity contribution in [1.29, 1.82) is 0 Å². The van der Waals surface area contributed by atoms with E-state index in [0.717, 1.165) is 31.8 Å². The second-order valence-electron chi connectivity index (χ2n) is 5.39. The Labute approximate surface area is 133 Å². The summed E-state index contributed by atoms with van der Waals surface area (Å²) in [6.45, 7) is 3.64. The number of ether oxygens (including phenoxy) is 1. The summed E-state index contributed by atoms with van der Waals surface area (Å²) in [6.07, 6.45) is 2.49. The Kier molecular flexibility index (Phi) is 4.89. The number of anilines is 1. The van der Waals surface area contributed by atoms with Crippen molar-refractivity contribution < 1.29 is 13.9 Å². The molecule has 2 aromatic heterocycles. The number of carbonyl (C=O) groups excluding carboxylic acids is 1. The van der Waals surface area contributed by atoms with Crippen LogP contribution in [0.4, 0.5) is 5.95 Å². The summed E-state index contributed by atoms with van der Waals surface area (Å²) in [6, 6.07) is 3.85. The zero-order valence-corrected chi connectivity index (χ0v) is 12.7. The van der Waals surface area contributed by atoms with Crippen LogP contribution in [-0.4, -0.2) is 58.3 Å². The first-order valence-electron chi connectivity index (χ1n) is 7.53. The minimum Gasteiger partial charge on any atom is -0.468 e. The summed E-state index contributed by atoms with van der Waals surface area (Å²) in [5.41, 5.74) is 5.37. The molecule has 9 nitrogen and oxygen atoms in total. The predicted octanol–water partition coefficient (Wildman–Crippen LogP) is 0.000800. The molecule has 0 bridgehead atoms. The van der Waals surface area contributed by atoms with Crippen molar-refractivity contribution in [3.8, 4) is 0 Å². The fraction of sp³-hybridized carbons (Fsp3) is 0.500. The Morgan fingerprint density at radius 1 is 1.57 bits per heavy atom. The quantitative estimate of drug-likeness (QED) is 0.684. The van der Waals surface area contributed by atoms with E-state index in [0.29, 0.717) is 13.2 Å². The predicted molar refractivity (Wildman–Crippen MR) is 81.5 cm³/mol. The zero-order chi connectivity index (χ0) is 16.1. The van der Waals surface area contributed by atoms with Crippen LogP contribution >= 0.6 is 0 Å². The van der Waals surface area contributed by atoms with Gasteiger partial charge in [0, 0.05) is 19.6 Å². The molecule has 9 heteroatoms. The topological polar surface area (TPSA) is 122 Å². The van der Waals surface area contributed by atoms with Crippen molar-refractivity contribution >= 4 is 11.9 Å². The molecule has 0 saturated carbocycles. The van der Waals surface area contributed by atoms with Crippen LogP contribution in [0.1, 0.15) is 22.8 Å². The monoisotopic (exact) mass is 320 g/mol. The molecular weight excluding hydrogens is 300 g/mol. The van der Waals surface area contributed by atoms with E-state index in [4.69, 9.17) is 14.9 Å². The molecule has 1 unspecified atom stereocenters. The molecule has 0 radical (unpaired) electrons. The van der Waals surface area contributed by atoms with E-state index in [1.807, 2.05) is 12.1 Å². The lowest BCUT2D eigenvalue weighted by Crippen LogP contribution is -2.43. The van der Waals surface area contributed by atoms with Gasteiger partial charge in [0.1, 0.15) is 5.76 Å². The van der Waals surface area contributed by atoms with Gasteiger partial charge < -0.3 is 20.2 Å². The number of furan rings is 1. The smallest absolute Gasteiger partial charge is 0.288 e. The van der Waals surface area contributed by atoms with Gasteiger partial charge in [0.25, 0.3) is 5.91 Å². The van der Waals surface area contributed by atoms with Crippen LogP contribution in [0.5, 0.6) is 0 Å². The number of aromatic amines is 1. The lowest BCUT2D eigenvalue weighted by Gasteiger charge is -2.32. The Morgan fingerprint density at radius 2 is 2.48 bits per heavy atom. The molecule has 1 saturated heterocycles. The average Bonchev–Trinajstić information content (AvgIpc) is 3.19. The highest BCUT2D eigenvalue weighted by Gasteiger charge is 2.21. The fourth-order valence-electron chi connectivity index (χ4n) is 2.53. The van der Waals surface area contributed by atoms with Gasteiger partial charge in [-0.1, -0.05) is 0 Å². The van der Waals surface area contributed by atoms with Gasteiger partial charge in [-0.3, -0.25) is 14.8 Å². The highest BCUT2D eigenvalue weighted by Crippen LogP contribution is 2.12. The first-order chi connectivity index (χ1) is 11.2. The normalized spacial score (nSPS) is 18.9. The van der Waals surface area contributed by atoms with Crippen LogP contribution in [0.3, 0.4) is 0 Å². The highest BCUT2D eigenvalue weighted by atomic mass is 16.5. The van der Waals surface area contributed by atoms with Crippen molar-refractivity contribution in [2.75, 3.05) is 32.0 Å². The molecule has 23 heavy (non-hydrogen) atoms. The molecule has 3 rings (SSSR count). The molecule has 0 spiro atoms. The van der Waals surface area contributed by atoms with E-state index >= 15 is 0 Å². The number of nitrogen functional groups attached to an aromatic ring is 1. The van der Waals surface area contributed by atoms with Gasteiger partial charge in [0.2, 0.25) is 11.8 Å². The number of hydrogen-bond donors (Lipinski definition) is 3. The molecular formula is C14H20N6O3. The summed E-state index contributed by atoms with van der Waals surface area (Å²) >= 11 is 0. The molecule has 0 aliphatic carbocycles. The van der Waals surface area contributed by atoms with Crippen molar-refractivity contribution in [2.24, 2.45) is 0 Å². The van der Waals surface area contributed by atoms with E-state index in [2.05, 4.69) is 25.4 Å². The average molecular weight is 320 g/mol. The van der Waals surface area contributed by atoms with Crippen LogP contribution < -0.4 is 11.1 Å². The van der Waals surface area contributed by atoms with Gasteiger partial charge in [-0.15, -0.1) is 5.10 Å². The molecule has 0 aromatic carbocycles. The number of aromatic nitrogens is 3. The van der Waals surface area contributed by atoms with Gasteiger partial charge in [-0.05, 0) is 18.6 Å². The summed E-state index contributed by atoms with van der Waals surface area (Å²) in [4.78, 5) is 17.9. The first-order valence-corrected chi connectivity index (χ1v) is 7.53. The number of nitrogens with zero attached hydrogens (tertiary/aromatic N) is 3. The molecule has 1 atom stereocenters. The van der Waals surface area contributed by atoms with Crippen LogP contribution in [0, 0.1) is 0 Å². The van der Waals surface area contributed by atoms with E-state index in [1.54, 1.807) is 6.26 Å². The Morgan fingerprint density at radius 3 is 3.22 bits per heavy atom. The van der Waals surface area contributed by atoms with Gasteiger partial charge in [-0.2, -0.15) is 4.98 Å². The number of nitrogens with two attached hydrogens (primary N) is 1. The molecule has 1 aliphatic rings. The Hall–Kier alpha value is -2.39. The van der Waals surface area contributed by atoms with Crippen LogP contribution in [-0.2, 0) is 11.3 Å². The maximum atomic E-state index is 11.8. The number of amides is 1. The van der Waals surface area contributed by atoms with E-state index in [-0.39, 0.29) is 23.8 Å². The number of rotatable bonds is 6. The molecule has 124 valence electrons. The van der Waals surface area contributed by atoms with Gasteiger partial charge >= 0.3 is 0 Å². The maximum absolute atomic E-state index is 11.8. The summed E-state index contributed by atoms with van der Waals surface area (Å²) in [5, 5.41) is 8.87. The molecule has 1 amide bonds.